The van der Waals surface area contributed by atoms with E-state index >= 15 is 0 Å². The summed E-state index contributed by atoms with van der Waals surface area (Å²) in [5, 5.41) is 10.0. The molecule has 23 heavy (non-hydrogen) atoms. The Morgan fingerprint density at radius 1 is 1.26 bits per heavy atom. The Hall–Kier alpha value is -2.07. The molecule has 0 saturated carbocycles. The third kappa shape index (κ3) is 4.70. The molecular weight excluding hydrogens is 319 g/mol. The number of carboxylic acids is 1. The number of aliphatic carboxylic acids is 1. The minimum Gasteiger partial charge on any atom is -0.493 e. The molecule has 0 amide bonds. The highest BCUT2D eigenvalue weighted by Gasteiger charge is 2.22. The number of ether oxygens (including phenoxy) is 1. The van der Waals surface area contributed by atoms with Gasteiger partial charge in [-0.2, -0.15) is 0 Å². The number of carbonyl (C=O) groups is 1. The van der Waals surface area contributed by atoms with E-state index in [0.29, 0.717) is 22.9 Å². The summed E-state index contributed by atoms with van der Waals surface area (Å²) in [7, 11) is 0. The maximum atomic E-state index is 13.0. The molecule has 0 radical (unpaired) electrons. The molecule has 0 aliphatic heterocycles. The van der Waals surface area contributed by atoms with E-state index in [-0.39, 0.29) is 6.42 Å². The number of benzene rings is 2. The lowest BCUT2D eigenvalue weighted by Gasteiger charge is -2.16. The van der Waals surface area contributed by atoms with Gasteiger partial charge in [-0.1, -0.05) is 30.7 Å². The van der Waals surface area contributed by atoms with Gasteiger partial charge in [-0.05, 0) is 54.3 Å². The second-order valence-corrected chi connectivity index (χ2v) is 5.68. The summed E-state index contributed by atoms with van der Waals surface area (Å²) in [5.41, 5.74) is 1.27. The fraction of sp³-hybridized carbons (Fsp3) is 0.278. The number of halogens is 2. The van der Waals surface area contributed by atoms with E-state index < -0.39 is 17.7 Å². The monoisotopic (exact) mass is 336 g/mol. The van der Waals surface area contributed by atoms with Crippen LogP contribution in [0.5, 0.6) is 5.75 Å². The molecule has 2 aromatic rings. The first-order valence-corrected chi connectivity index (χ1v) is 7.78. The average molecular weight is 337 g/mol. The van der Waals surface area contributed by atoms with Crippen LogP contribution in [0.25, 0.3) is 0 Å². The molecule has 0 saturated heterocycles. The lowest BCUT2D eigenvalue weighted by atomic mass is 9.91. The Bertz CT molecular complexity index is 670. The average Bonchev–Trinajstić information content (AvgIpc) is 2.52. The minimum absolute atomic E-state index is 0.223. The highest BCUT2D eigenvalue weighted by Crippen LogP contribution is 2.29. The summed E-state index contributed by atoms with van der Waals surface area (Å²) in [6, 6.07) is 10.7. The zero-order chi connectivity index (χ0) is 16.8. The lowest BCUT2D eigenvalue weighted by Crippen LogP contribution is -2.15. The van der Waals surface area contributed by atoms with Gasteiger partial charge in [0.1, 0.15) is 11.6 Å². The van der Waals surface area contributed by atoms with E-state index in [0.717, 1.165) is 12.0 Å². The second-order valence-electron chi connectivity index (χ2n) is 5.25. The lowest BCUT2D eigenvalue weighted by molar-refractivity contribution is -0.138. The van der Waals surface area contributed by atoms with E-state index in [1.165, 1.54) is 24.3 Å². The normalized spacial score (nSPS) is 12.0. The van der Waals surface area contributed by atoms with Crippen molar-refractivity contribution >= 4 is 17.6 Å². The van der Waals surface area contributed by atoms with Crippen molar-refractivity contribution in [1.82, 2.24) is 0 Å². The van der Waals surface area contributed by atoms with Gasteiger partial charge in [-0.25, -0.2) is 4.39 Å². The van der Waals surface area contributed by atoms with Gasteiger partial charge in [0.05, 0.1) is 12.5 Å². The van der Waals surface area contributed by atoms with Crippen molar-refractivity contribution in [2.24, 2.45) is 0 Å². The van der Waals surface area contributed by atoms with Crippen LogP contribution in [0.2, 0.25) is 5.02 Å². The predicted molar refractivity (Wildman–Crippen MR) is 87.7 cm³/mol. The van der Waals surface area contributed by atoms with Crippen LogP contribution < -0.4 is 4.74 Å². The largest absolute Gasteiger partial charge is 0.493 e. The molecule has 1 atom stereocenters. The fourth-order valence-corrected chi connectivity index (χ4v) is 2.52. The Morgan fingerprint density at radius 2 is 1.96 bits per heavy atom. The molecule has 0 bridgehead atoms. The van der Waals surface area contributed by atoms with Gasteiger partial charge >= 0.3 is 5.97 Å². The van der Waals surface area contributed by atoms with E-state index in [9.17, 15) is 14.3 Å². The third-order valence-corrected chi connectivity index (χ3v) is 3.71. The second kappa shape index (κ2) is 7.97. The first-order valence-electron chi connectivity index (χ1n) is 7.40. The smallest absolute Gasteiger partial charge is 0.311 e. The predicted octanol–water partition coefficient (Wildman–Crippen LogP) is 4.68. The number of hydrogen-bond acceptors (Lipinski definition) is 2. The van der Waals surface area contributed by atoms with E-state index in [1.807, 2.05) is 6.92 Å². The van der Waals surface area contributed by atoms with Crippen molar-refractivity contribution in [2.45, 2.75) is 25.7 Å². The van der Waals surface area contributed by atoms with Crippen molar-refractivity contribution in [3.63, 3.8) is 0 Å². The van der Waals surface area contributed by atoms with Gasteiger partial charge in [0.2, 0.25) is 0 Å². The zero-order valence-electron chi connectivity index (χ0n) is 12.8. The highest BCUT2D eigenvalue weighted by molar-refractivity contribution is 6.30. The standard InChI is InChI=1S/C18H18ClFO3/c1-2-9-23-17-8-5-14(19)10-13(17)11-16(18(21)22)12-3-6-15(20)7-4-12/h3-8,10,16H,2,9,11H2,1H3,(H,21,22). The van der Waals surface area contributed by atoms with Crippen LogP contribution in [0.15, 0.2) is 42.5 Å². The van der Waals surface area contributed by atoms with Crippen LogP contribution in [0, 0.1) is 5.82 Å². The topological polar surface area (TPSA) is 46.5 Å². The molecule has 2 rings (SSSR count). The molecule has 0 aliphatic rings. The molecular formula is C18H18ClFO3. The maximum absolute atomic E-state index is 13.0. The van der Waals surface area contributed by atoms with Crippen LogP contribution >= 0.6 is 11.6 Å². The van der Waals surface area contributed by atoms with Gasteiger partial charge in [0, 0.05) is 5.02 Å². The van der Waals surface area contributed by atoms with Gasteiger partial charge in [0.25, 0.3) is 0 Å². The van der Waals surface area contributed by atoms with Crippen molar-refractivity contribution in [2.75, 3.05) is 6.61 Å². The molecule has 0 spiro atoms. The summed E-state index contributed by atoms with van der Waals surface area (Å²) in [5.74, 6) is -1.53. The molecule has 0 aromatic heterocycles. The first kappa shape index (κ1) is 17.3. The first-order chi connectivity index (χ1) is 11.0. The van der Waals surface area contributed by atoms with Crippen molar-refractivity contribution in [3.8, 4) is 5.75 Å². The van der Waals surface area contributed by atoms with E-state index in [2.05, 4.69) is 0 Å². The molecule has 0 aliphatic carbocycles. The van der Waals surface area contributed by atoms with Crippen LogP contribution in [0.4, 0.5) is 4.39 Å². The molecule has 2 aromatic carbocycles. The van der Waals surface area contributed by atoms with Crippen LogP contribution in [-0.4, -0.2) is 17.7 Å². The Morgan fingerprint density at radius 3 is 2.57 bits per heavy atom. The Balaban J connectivity index is 2.31. The summed E-state index contributed by atoms with van der Waals surface area (Å²) >= 11 is 6.03. The minimum atomic E-state index is -0.974. The molecule has 3 nitrogen and oxygen atoms in total. The van der Waals surface area contributed by atoms with E-state index in [1.54, 1.807) is 18.2 Å². The van der Waals surface area contributed by atoms with Crippen LogP contribution in [0.3, 0.4) is 0 Å². The molecule has 1 unspecified atom stereocenters. The van der Waals surface area contributed by atoms with Crippen LogP contribution in [0.1, 0.15) is 30.4 Å². The van der Waals surface area contributed by atoms with Gasteiger partial charge in [0.15, 0.2) is 0 Å². The number of hydrogen-bond donors (Lipinski definition) is 1. The van der Waals surface area contributed by atoms with Crippen molar-refractivity contribution in [1.29, 1.82) is 0 Å². The van der Waals surface area contributed by atoms with Crippen molar-refractivity contribution < 1.29 is 19.0 Å². The summed E-state index contributed by atoms with van der Waals surface area (Å²) in [4.78, 5) is 11.6. The summed E-state index contributed by atoms with van der Waals surface area (Å²) in [6.45, 7) is 2.54. The molecule has 5 heteroatoms. The van der Waals surface area contributed by atoms with Gasteiger partial charge in [-0.3, -0.25) is 4.79 Å². The number of carboxylic acid groups (broad SMARTS) is 1. The highest BCUT2D eigenvalue weighted by atomic mass is 35.5. The summed E-state index contributed by atoms with van der Waals surface area (Å²) in [6.07, 6.45) is 1.07. The SMILES string of the molecule is CCCOc1ccc(Cl)cc1CC(C(=O)O)c1ccc(F)cc1. The molecule has 0 fully saturated rings. The third-order valence-electron chi connectivity index (χ3n) is 3.48. The fourth-order valence-electron chi connectivity index (χ4n) is 2.32. The Labute approximate surface area is 139 Å². The summed E-state index contributed by atoms with van der Waals surface area (Å²) < 4.78 is 18.7. The van der Waals surface area contributed by atoms with E-state index in [4.69, 9.17) is 16.3 Å². The quantitative estimate of drug-likeness (QED) is 0.798. The molecule has 0 heterocycles. The van der Waals surface area contributed by atoms with Crippen molar-refractivity contribution in [3.05, 3.63) is 64.4 Å². The Kier molecular flexibility index (Phi) is 5.99. The van der Waals surface area contributed by atoms with Gasteiger partial charge in [-0.15, -0.1) is 0 Å². The molecule has 122 valence electrons. The molecule has 1 N–H and O–H groups in total. The maximum Gasteiger partial charge on any atom is 0.311 e. The van der Waals surface area contributed by atoms with Crippen LogP contribution in [-0.2, 0) is 11.2 Å². The number of rotatable bonds is 7. The van der Waals surface area contributed by atoms with Gasteiger partial charge < -0.3 is 9.84 Å². The zero-order valence-corrected chi connectivity index (χ0v) is 13.5.